The highest BCUT2D eigenvalue weighted by atomic mass is 32.1. The van der Waals surface area contributed by atoms with Crippen LogP contribution in [0.15, 0.2) is 24.3 Å². The predicted octanol–water partition coefficient (Wildman–Crippen LogP) is 2.49. The van der Waals surface area contributed by atoms with Crippen LogP contribution in [0.3, 0.4) is 0 Å². The minimum Gasteiger partial charge on any atom is -0.338 e. The Kier molecular flexibility index (Phi) is 3.82. The maximum atomic E-state index is 12.9. The zero-order valence-corrected chi connectivity index (χ0v) is 11.5. The van der Waals surface area contributed by atoms with E-state index in [1.807, 2.05) is 11.9 Å². The average molecular weight is 267 g/mol. The topological polar surface area (TPSA) is 27.3 Å². The number of hydrazine groups is 1. The van der Waals surface area contributed by atoms with Crippen LogP contribution in [0.2, 0.25) is 0 Å². The highest BCUT2D eigenvalue weighted by Crippen LogP contribution is 2.23. The van der Waals surface area contributed by atoms with E-state index in [-0.39, 0.29) is 5.82 Å². The lowest BCUT2D eigenvalue weighted by Crippen LogP contribution is -2.45. The second kappa shape index (κ2) is 5.20. The van der Waals surface area contributed by atoms with Crippen molar-refractivity contribution in [3.05, 3.63) is 35.6 Å². The number of hydrogen-bond donors (Lipinski definition) is 2. The summed E-state index contributed by atoms with van der Waals surface area (Å²) in [4.78, 5) is 0. The smallest absolute Gasteiger partial charge is 0.185 e. The number of rotatable bonds is 4. The van der Waals surface area contributed by atoms with Gasteiger partial charge in [0.2, 0.25) is 0 Å². The summed E-state index contributed by atoms with van der Waals surface area (Å²) in [7, 11) is 0. The summed E-state index contributed by atoms with van der Waals surface area (Å²) in [5.74, 6) is -0.231. The van der Waals surface area contributed by atoms with Crippen LogP contribution in [0.5, 0.6) is 0 Å². The Balaban J connectivity index is 2.13. The molecule has 0 bridgehead atoms. The van der Waals surface area contributed by atoms with E-state index >= 15 is 0 Å². The van der Waals surface area contributed by atoms with Crippen LogP contribution in [-0.2, 0) is 5.66 Å². The quantitative estimate of drug-likeness (QED) is 0.820. The normalized spacial score (nSPS) is 23.3. The molecule has 0 unspecified atom stereocenters. The van der Waals surface area contributed by atoms with E-state index in [1.54, 1.807) is 12.1 Å². The van der Waals surface area contributed by atoms with Gasteiger partial charge in [-0.1, -0.05) is 25.5 Å². The van der Waals surface area contributed by atoms with Crippen molar-refractivity contribution < 1.29 is 4.39 Å². The van der Waals surface area contributed by atoms with E-state index < -0.39 is 5.66 Å². The summed E-state index contributed by atoms with van der Waals surface area (Å²) in [6, 6.07) is 6.45. The molecule has 0 radical (unpaired) electrons. The Bertz CT molecular complexity index is 434. The molecule has 1 fully saturated rings. The van der Waals surface area contributed by atoms with Gasteiger partial charge in [-0.2, -0.15) is 0 Å². The maximum Gasteiger partial charge on any atom is 0.185 e. The number of unbranched alkanes of at least 4 members (excludes halogenated alkanes) is 1. The van der Waals surface area contributed by atoms with E-state index in [0.717, 1.165) is 24.9 Å². The summed E-state index contributed by atoms with van der Waals surface area (Å²) >= 11 is 5.31. The SMILES string of the molecule is CCCCN1N[C@](C)(c2ccc(F)cc2)NC1=S. The van der Waals surface area contributed by atoms with Crippen molar-refractivity contribution in [1.29, 1.82) is 0 Å². The van der Waals surface area contributed by atoms with E-state index in [1.165, 1.54) is 12.1 Å². The summed E-state index contributed by atoms with van der Waals surface area (Å²) in [6.45, 7) is 5.02. The van der Waals surface area contributed by atoms with Crippen molar-refractivity contribution in [1.82, 2.24) is 15.8 Å². The van der Waals surface area contributed by atoms with Crippen LogP contribution in [0.25, 0.3) is 0 Å². The van der Waals surface area contributed by atoms with Gasteiger partial charge in [0.1, 0.15) is 11.5 Å². The van der Waals surface area contributed by atoms with Crippen molar-refractivity contribution in [2.75, 3.05) is 6.54 Å². The van der Waals surface area contributed by atoms with Gasteiger partial charge in [-0.25, -0.2) is 9.82 Å². The standard InChI is InChI=1S/C13H18FN3S/c1-3-4-9-17-12(18)15-13(2,16-17)10-5-7-11(14)8-6-10/h5-8,16H,3-4,9H2,1-2H3,(H,15,18)/t13-/m1/s1. The molecule has 1 aromatic rings. The molecule has 1 saturated heterocycles. The van der Waals surface area contributed by atoms with Crippen LogP contribution in [0, 0.1) is 5.82 Å². The molecule has 98 valence electrons. The molecule has 1 aliphatic heterocycles. The molecule has 2 N–H and O–H groups in total. The first kappa shape index (κ1) is 13.2. The maximum absolute atomic E-state index is 12.9. The Hall–Kier alpha value is -1.20. The minimum atomic E-state index is -0.460. The zero-order valence-electron chi connectivity index (χ0n) is 10.7. The van der Waals surface area contributed by atoms with Crippen LogP contribution in [0.1, 0.15) is 32.3 Å². The highest BCUT2D eigenvalue weighted by molar-refractivity contribution is 7.80. The Labute approximate surface area is 112 Å². The first-order chi connectivity index (χ1) is 8.55. The van der Waals surface area contributed by atoms with Crippen LogP contribution in [0.4, 0.5) is 4.39 Å². The molecule has 1 atom stereocenters. The van der Waals surface area contributed by atoms with Gasteiger partial charge in [-0.05, 0) is 43.3 Å². The molecule has 3 nitrogen and oxygen atoms in total. The molecule has 18 heavy (non-hydrogen) atoms. The fraction of sp³-hybridized carbons (Fsp3) is 0.462. The summed E-state index contributed by atoms with van der Waals surface area (Å²) in [5.41, 5.74) is 3.85. The molecule has 5 heteroatoms. The third-order valence-corrected chi connectivity index (χ3v) is 3.44. The fourth-order valence-electron chi connectivity index (χ4n) is 2.02. The summed E-state index contributed by atoms with van der Waals surface area (Å²) < 4.78 is 12.9. The second-order valence-electron chi connectivity index (χ2n) is 4.68. The lowest BCUT2D eigenvalue weighted by molar-refractivity contribution is 0.233. The molecule has 0 spiro atoms. The number of halogens is 1. The molecule has 1 aliphatic rings. The van der Waals surface area contributed by atoms with E-state index in [4.69, 9.17) is 12.2 Å². The molecule has 2 rings (SSSR count). The van der Waals surface area contributed by atoms with Gasteiger partial charge in [0.15, 0.2) is 5.11 Å². The Morgan fingerprint density at radius 3 is 2.61 bits per heavy atom. The van der Waals surface area contributed by atoms with Crippen molar-refractivity contribution in [2.24, 2.45) is 0 Å². The Morgan fingerprint density at radius 1 is 1.33 bits per heavy atom. The molecule has 0 amide bonds. The monoisotopic (exact) mass is 267 g/mol. The van der Waals surface area contributed by atoms with E-state index in [9.17, 15) is 4.39 Å². The molecular formula is C13H18FN3S. The van der Waals surface area contributed by atoms with E-state index in [0.29, 0.717) is 5.11 Å². The number of hydrogen-bond acceptors (Lipinski definition) is 2. The lowest BCUT2D eigenvalue weighted by Gasteiger charge is -2.26. The fourth-order valence-corrected chi connectivity index (χ4v) is 2.36. The average Bonchev–Trinajstić information content (AvgIpc) is 2.63. The summed E-state index contributed by atoms with van der Waals surface area (Å²) in [5, 5.41) is 5.89. The van der Waals surface area contributed by atoms with Crippen molar-refractivity contribution in [3.8, 4) is 0 Å². The van der Waals surface area contributed by atoms with Gasteiger partial charge in [0.25, 0.3) is 0 Å². The minimum absolute atomic E-state index is 0.231. The van der Waals surface area contributed by atoms with E-state index in [2.05, 4.69) is 17.7 Å². The molecular weight excluding hydrogens is 249 g/mol. The van der Waals surface area contributed by atoms with Gasteiger partial charge in [0, 0.05) is 6.54 Å². The van der Waals surface area contributed by atoms with Crippen molar-refractivity contribution >= 4 is 17.3 Å². The zero-order chi connectivity index (χ0) is 13.2. The molecule has 0 aliphatic carbocycles. The van der Waals surface area contributed by atoms with Gasteiger partial charge in [0.05, 0.1) is 0 Å². The second-order valence-corrected chi connectivity index (χ2v) is 5.07. The van der Waals surface area contributed by atoms with Gasteiger partial charge in [-0.3, -0.25) is 5.01 Å². The highest BCUT2D eigenvalue weighted by Gasteiger charge is 2.36. The van der Waals surface area contributed by atoms with Gasteiger partial charge < -0.3 is 5.32 Å². The number of nitrogens with zero attached hydrogens (tertiary/aromatic N) is 1. The molecule has 1 aromatic carbocycles. The molecule has 1 heterocycles. The van der Waals surface area contributed by atoms with Crippen LogP contribution in [-0.4, -0.2) is 16.7 Å². The van der Waals surface area contributed by atoms with Gasteiger partial charge in [-0.15, -0.1) is 0 Å². The Morgan fingerprint density at radius 2 is 2.00 bits per heavy atom. The van der Waals surface area contributed by atoms with Crippen molar-refractivity contribution in [2.45, 2.75) is 32.4 Å². The largest absolute Gasteiger partial charge is 0.338 e. The van der Waals surface area contributed by atoms with Crippen LogP contribution >= 0.6 is 12.2 Å². The predicted molar refractivity (Wildman–Crippen MR) is 74.2 cm³/mol. The van der Waals surface area contributed by atoms with Crippen molar-refractivity contribution in [3.63, 3.8) is 0 Å². The third-order valence-electron chi connectivity index (χ3n) is 3.12. The van der Waals surface area contributed by atoms with Crippen LogP contribution < -0.4 is 10.7 Å². The summed E-state index contributed by atoms with van der Waals surface area (Å²) in [6.07, 6.45) is 2.20. The number of thiocarbonyl (C=S) groups is 1. The number of benzene rings is 1. The first-order valence-electron chi connectivity index (χ1n) is 6.19. The first-order valence-corrected chi connectivity index (χ1v) is 6.59. The third kappa shape index (κ3) is 2.62. The molecule has 0 aromatic heterocycles. The lowest BCUT2D eigenvalue weighted by atomic mass is 10.0. The molecule has 0 saturated carbocycles. The number of nitrogens with one attached hydrogen (secondary N) is 2. The van der Waals surface area contributed by atoms with Gasteiger partial charge >= 0.3 is 0 Å².